The zero-order valence-corrected chi connectivity index (χ0v) is 16.7. The first kappa shape index (κ1) is 19.1. The van der Waals surface area contributed by atoms with Gasteiger partial charge in [0, 0.05) is 35.3 Å². The van der Waals surface area contributed by atoms with E-state index >= 15 is 0 Å². The van der Waals surface area contributed by atoms with Crippen LogP contribution in [-0.2, 0) is 14.8 Å². The molecule has 0 spiro atoms. The molecule has 2 aromatic carbocycles. The molecule has 0 radical (unpaired) electrons. The number of hydrogen-bond donors (Lipinski definition) is 2. The first-order chi connectivity index (χ1) is 13.3. The van der Waals surface area contributed by atoms with Crippen molar-refractivity contribution in [3.05, 3.63) is 59.2 Å². The average Bonchev–Trinajstić information content (AvgIpc) is 3.16. The van der Waals surface area contributed by atoms with Crippen LogP contribution in [0.15, 0.2) is 47.4 Å². The molecule has 148 valence electrons. The number of hydrogen-bond acceptors (Lipinski definition) is 5. The normalized spacial score (nSPS) is 23.8. The highest BCUT2D eigenvalue weighted by atomic mass is 32.2. The molecule has 3 atom stereocenters. The van der Waals surface area contributed by atoms with Gasteiger partial charge < -0.3 is 10.1 Å². The maximum atomic E-state index is 12.2. The number of carbonyl (C=O) groups excluding carboxylic acids is 1. The summed E-state index contributed by atoms with van der Waals surface area (Å²) in [7, 11) is -3.77. The molecule has 28 heavy (non-hydrogen) atoms. The summed E-state index contributed by atoms with van der Waals surface area (Å²) in [6.45, 7) is 4.41. The molecule has 2 aromatic rings. The minimum atomic E-state index is -3.77. The molecule has 0 amide bonds. The van der Waals surface area contributed by atoms with E-state index < -0.39 is 10.0 Å². The number of nitrogens with two attached hydrogens (primary N) is 1. The molecular formula is C21H24N2O4S. The Bertz CT molecular complexity index is 1020. The number of ether oxygens (including phenoxy) is 1. The van der Waals surface area contributed by atoms with Crippen LogP contribution in [0.2, 0.25) is 0 Å². The maximum Gasteiger partial charge on any atom is 0.238 e. The second-order valence-electron chi connectivity index (χ2n) is 7.80. The highest BCUT2D eigenvalue weighted by Crippen LogP contribution is 2.50. The van der Waals surface area contributed by atoms with Crippen LogP contribution in [0.3, 0.4) is 0 Å². The molecule has 2 aliphatic heterocycles. The molecule has 0 aliphatic carbocycles. The Labute approximate surface area is 165 Å². The lowest BCUT2D eigenvalue weighted by Crippen LogP contribution is -2.29. The van der Waals surface area contributed by atoms with Crippen molar-refractivity contribution in [2.24, 2.45) is 17.0 Å². The third kappa shape index (κ3) is 3.34. The number of ketones is 1. The zero-order chi connectivity index (χ0) is 20.1. The average molecular weight is 401 g/mol. The number of benzene rings is 2. The number of nitrogens with one attached hydrogen (secondary N) is 1. The molecule has 2 heterocycles. The summed E-state index contributed by atoms with van der Waals surface area (Å²) in [6.07, 6.45) is 0.688. The lowest BCUT2D eigenvalue weighted by molar-refractivity contribution is 0.0827. The van der Waals surface area contributed by atoms with Gasteiger partial charge in [0.25, 0.3) is 0 Å². The largest absolute Gasteiger partial charge is 0.378 e. The van der Waals surface area contributed by atoms with Crippen LogP contribution in [-0.4, -0.2) is 20.8 Å². The Morgan fingerprint density at radius 1 is 1.18 bits per heavy atom. The summed E-state index contributed by atoms with van der Waals surface area (Å²) in [4.78, 5) is 12.3. The maximum absolute atomic E-state index is 12.2. The topological polar surface area (TPSA) is 98.5 Å². The van der Waals surface area contributed by atoms with E-state index in [0.29, 0.717) is 12.2 Å². The van der Waals surface area contributed by atoms with Crippen LogP contribution in [0.4, 0.5) is 5.69 Å². The number of rotatable bonds is 4. The van der Waals surface area contributed by atoms with Crippen LogP contribution < -0.4 is 10.5 Å². The monoisotopic (exact) mass is 400 g/mol. The lowest BCUT2D eigenvalue weighted by atomic mass is 9.81. The van der Waals surface area contributed by atoms with Crippen LogP contribution >= 0.6 is 0 Å². The summed E-state index contributed by atoms with van der Waals surface area (Å²) in [5.74, 6) is 0.271. The molecular weight excluding hydrogens is 376 g/mol. The number of sulfonamides is 1. The van der Waals surface area contributed by atoms with Gasteiger partial charge in [-0.25, -0.2) is 13.6 Å². The van der Waals surface area contributed by atoms with E-state index in [1.165, 1.54) is 6.07 Å². The molecule has 6 nitrogen and oxygen atoms in total. The smallest absolute Gasteiger partial charge is 0.238 e. The quantitative estimate of drug-likeness (QED) is 0.766. The van der Waals surface area contributed by atoms with E-state index in [2.05, 4.69) is 5.32 Å². The fraction of sp³-hybridized carbons (Fsp3) is 0.381. The van der Waals surface area contributed by atoms with Gasteiger partial charge in [-0.1, -0.05) is 38.1 Å². The van der Waals surface area contributed by atoms with E-state index in [9.17, 15) is 13.2 Å². The van der Waals surface area contributed by atoms with Crippen molar-refractivity contribution >= 4 is 21.5 Å². The molecule has 3 N–H and O–H groups in total. The standard InChI is InChI=1S/C21H24N2O4S/c1-12(2)20(24)14-5-3-13(4-6-14)19-16-9-10-27-21(16)17-11-15(28(22,25)26)7-8-18(17)23-19/h3-8,11-12,16,19,21,23H,9-10H2,1-2H3,(H2,22,25,26)/t16-,19?,21?/m0/s1. The third-order valence-corrected chi connectivity index (χ3v) is 6.52. The van der Waals surface area contributed by atoms with Crippen molar-refractivity contribution in [1.82, 2.24) is 0 Å². The predicted octanol–water partition coefficient (Wildman–Crippen LogP) is 3.42. The summed E-state index contributed by atoms with van der Waals surface area (Å²) < 4.78 is 29.4. The highest BCUT2D eigenvalue weighted by molar-refractivity contribution is 7.89. The molecule has 7 heteroatoms. The molecule has 0 bridgehead atoms. The Hall–Kier alpha value is -2.22. The van der Waals surface area contributed by atoms with Gasteiger partial charge in [0.2, 0.25) is 10.0 Å². The highest BCUT2D eigenvalue weighted by Gasteiger charge is 2.41. The van der Waals surface area contributed by atoms with Gasteiger partial charge in [-0.3, -0.25) is 4.79 Å². The first-order valence-electron chi connectivity index (χ1n) is 9.45. The van der Waals surface area contributed by atoms with E-state index in [1.807, 2.05) is 38.1 Å². The SMILES string of the molecule is CC(C)C(=O)c1ccc(C2Nc3ccc(S(N)(=O)=O)cc3C3OCC[C@@H]23)cc1. The Balaban J connectivity index is 1.69. The van der Waals surface area contributed by atoms with Gasteiger partial charge in [0.05, 0.1) is 17.0 Å². The van der Waals surface area contributed by atoms with E-state index in [0.717, 1.165) is 23.2 Å². The molecule has 2 unspecified atom stereocenters. The number of carbonyl (C=O) groups is 1. The van der Waals surface area contributed by atoms with Crippen molar-refractivity contribution in [2.75, 3.05) is 11.9 Å². The van der Waals surface area contributed by atoms with Crippen molar-refractivity contribution in [3.63, 3.8) is 0 Å². The molecule has 0 aromatic heterocycles. The van der Waals surface area contributed by atoms with Gasteiger partial charge >= 0.3 is 0 Å². The third-order valence-electron chi connectivity index (χ3n) is 5.61. The van der Waals surface area contributed by atoms with E-state index in [1.54, 1.807) is 12.1 Å². The van der Waals surface area contributed by atoms with Gasteiger partial charge in [-0.15, -0.1) is 0 Å². The number of Topliss-reactive ketones (excluding diaryl/α,β-unsaturated/α-hetero) is 1. The van der Waals surface area contributed by atoms with Crippen molar-refractivity contribution in [3.8, 4) is 0 Å². The van der Waals surface area contributed by atoms with E-state index in [-0.39, 0.29) is 34.7 Å². The zero-order valence-electron chi connectivity index (χ0n) is 15.9. The Morgan fingerprint density at radius 2 is 1.89 bits per heavy atom. The lowest BCUT2D eigenvalue weighted by Gasteiger charge is -2.36. The Kier molecular flexibility index (Phi) is 4.77. The summed E-state index contributed by atoms with van der Waals surface area (Å²) in [6, 6.07) is 12.6. The summed E-state index contributed by atoms with van der Waals surface area (Å²) in [5, 5.41) is 8.82. The van der Waals surface area contributed by atoms with Gasteiger partial charge in [0.15, 0.2) is 5.78 Å². The number of primary sulfonamides is 1. The second-order valence-corrected chi connectivity index (χ2v) is 9.36. The van der Waals surface area contributed by atoms with E-state index in [4.69, 9.17) is 9.88 Å². The first-order valence-corrected chi connectivity index (χ1v) is 11.0. The molecule has 0 saturated carbocycles. The van der Waals surface area contributed by atoms with Crippen molar-refractivity contribution < 1.29 is 17.9 Å². The minimum Gasteiger partial charge on any atom is -0.378 e. The predicted molar refractivity (Wildman–Crippen MR) is 107 cm³/mol. The van der Waals surface area contributed by atoms with Gasteiger partial charge in [-0.2, -0.15) is 0 Å². The van der Waals surface area contributed by atoms with Crippen LogP contribution in [0.5, 0.6) is 0 Å². The van der Waals surface area contributed by atoms with Crippen LogP contribution in [0.1, 0.15) is 53.9 Å². The summed E-state index contributed by atoms with van der Waals surface area (Å²) in [5.41, 5.74) is 3.48. The second kappa shape index (κ2) is 6.99. The summed E-state index contributed by atoms with van der Waals surface area (Å²) >= 11 is 0. The van der Waals surface area contributed by atoms with Crippen molar-refractivity contribution in [1.29, 1.82) is 0 Å². The fourth-order valence-corrected chi connectivity index (χ4v) is 4.69. The van der Waals surface area contributed by atoms with Crippen LogP contribution in [0, 0.1) is 11.8 Å². The number of fused-ring (bicyclic) bond motifs is 3. The Morgan fingerprint density at radius 3 is 2.54 bits per heavy atom. The van der Waals surface area contributed by atoms with Gasteiger partial charge in [0.1, 0.15) is 0 Å². The van der Waals surface area contributed by atoms with Crippen LogP contribution in [0.25, 0.3) is 0 Å². The minimum absolute atomic E-state index is 0.0311. The molecule has 4 rings (SSSR count). The molecule has 1 saturated heterocycles. The van der Waals surface area contributed by atoms with Gasteiger partial charge in [-0.05, 0) is 30.2 Å². The van der Waals surface area contributed by atoms with Crippen molar-refractivity contribution in [2.45, 2.75) is 37.3 Å². The number of anilines is 1. The fourth-order valence-electron chi connectivity index (χ4n) is 4.15. The molecule has 1 fully saturated rings. The molecule has 2 aliphatic rings.